The third-order valence-corrected chi connectivity index (χ3v) is 6.44. The van der Waals surface area contributed by atoms with Crippen molar-refractivity contribution >= 4 is 33.8 Å². The molecule has 2 aromatic carbocycles. The molecule has 6 nitrogen and oxygen atoms in total. The van der Waals surface area contributed by atoms with E-state index in [9.17, 15) is 9.59 Å². The number of hydrogen-bond donors (Lipinski definition) is 2. The highest BCUT2D eigenvalue weighted by Gasteiger charge is 2.33. The number of nitrogens with one attached hydrogen (secondary N) is 2. The van der Waals surface area contributed by atoms with Crippen molar-refractivity contribution in [3.8, 4) is 11.5 Å². The van der Waals surface area contributed by atoms with Crippen molar-refractivity contribution in [3.05, 3.63) is 70.1 Å². The summed E-state index contributed by atoms with van der Waals surface area (Å²) in [7, 11) is 0. The van der Waals surface area contributed by atoms with Crippen molar-refractivity contribution in [2.75, 3.05) is 17.4 Å². The molecule has 2 aliphatic heterocycles. The quantitative estimate of drug-likeness (QED) is 0.671. The second kappa shape index (κ2) is 6.93. The summed E-state index contributed by atoms with van der Waals surface area (Å²) in [6, 6.07) is 15.1. The average molecular weight is 406 g/mol. The molecule has 0 aliphatic carbocycles. The molecular formula is C22H18N2O4S. The molecule has 0 unspecified atom stereocenters. The van der Waals surface area contributed by atoms with Crippen molar-refractivity contribution in [1.29, 1.82) is 0 Å². The molecule has 146 valence electrons. The molecule has 3 aromatic rings. The van der Waals surface area contributed by atoms with Crippen LogP contribution in [0.3, 0.4) is 0 Å². The Morgan fingerprint density at radius 1 is 1.14 bits per heavy atom. The Balaban J connectivity index is 1.52. The number of hydrogen-bond acceptors (Lipinski definition) is 5. The lowest BCUT2D eigenvalue weighted by Crippen LogP contribution is -2.22. The molecule has 0 radical (unpaired) electrons. The molecule has 0 bridgehead atoms. The van der Waals surface area contributed by atoms with Gasteiger partial charge in [0.25, 0.3) is 5.91 Å². The summed E-state index contributed by atoms with van der Waals surface area (Å²) in [4.78, 5) is 25.8. The Morgan fingerprint density at radius 2 is 1.93 bits per heavy atom. The van der Waals surface area contributed by atoms with Crippen molar-refractivity contribution in [2.24, 2.45) is 0 Å². The Hall–Kier alpha value is -3.32. The molecule has 7 heteroatoms. The Bertz CT molecular complexity index is 1120. The number of anilines is 2. The van der Waals surface area contributed by atoms with Crippen molar-refractivity contribution in [2.45, 2.75) is 19.3 Å². The zero-order valence-corrected chi connectivity index (χ0v) is 16.5. The van der Waals surface area contributed by atoms with Crippen LogP contribution in [-0.2, 0) is 4.79 Å². The van der Waals surface area contributed by atoms with E-state index in [1.54, 1.807) is 0 Å². The van der Waals surface area contributed by atoms with Crippen molar-refractivity contribution in [1.82, 2.24) is 0 Å². The molecule has 2 N–H and O–H groups in total. The third-order valence-electron chi connectivity index (χ3n) is 5.22. The van der Waals surface area contributed by atoms with Gasteiger partial charge in [-0.2, -0.15) is 0 Å². The van der Waals surface area contributed by atoms with E-state index in [1.165, 1.54) is 11.3 Å². The van der Waals surface area contributed by atoms with E-state index in [0.717, 1.165) is 27.4 Å². The zero-order chi connectivity index (χ0) is 20.0. The lowest BCUT2D eigenvalue weighted by Gasteiger charge is -2.24. The fourth-order valence-electron chi connectivity index (χ4n) is 3.84. The van der Waals surface area contributed by atoms with Crippen LogP contribution in [0.1, 0.15) is 38.7 Å². The lowest BCUT2D eigenvalue weighted by atomic mass is 9.84. The smallest absolute Gasteiger partial charge is 0.266 e. The first-order chi connectivity index (χ1) is 14.1. The molecule has 2 aliphatic rings. The minimum absolute atomic E-state index is 0.0589. The molecule has 0 fully saturated rings. The lowest BCUT2D eigenvalue weighted by molar-refractivity contribution is -0.116. The van der Waals surface area contributed by atoms with E-state index < -0.39 is 0 Å². The molecular weight excluding hydrogens is 388 g/mol. The van der Waals surface area contributed by atoms with Gasteiger partial charge in [0.15, 0.2) is 11.5 Å². The predicted molar refractivity (Wildman–Crippen MR) is 111 cm³/mol. The van der Waals surface area contributed by atoms with Crippen LogP contribution in [-0.4, -0.2) is 18.6 Å². The van der Waals surface area contributed by atoms with Crippen molar-refractivity contribution in [3.63, 3.8) is 0 Å². The van der Waals surface area contributed by atoms with Crippen LogP contribution in [0, 0.1) is 6.92 Å². The molecule has 0 saturated heterocycles. The van der Waals surface area contributed by atoms with E-state index in [-0.39, 0.29) is 24.5 Å². The van der Waals surface area contributed by atoms with Gasteiger partial charge in [0.05, 0.1) is 9.88 Å². The third kappa shape index (κ3) is 3.13. The van der Waals surface area contributed by atoms with Crippen LogP contribution in [0.15, 0.2) is 48.5 Å². The first kappa shape index (κ1) is 17.8. The number of para-hydroxylation sites is 1. The van der Waals surface area contributed by atoms with E-state index in [1.807, 2.05) is 55.5 Å². The number of benzene rings is 2. The number of carbonyl (C=O) groups excluding carboxylic acids is 2. The van der Waals surface area contributed by atoms with Crippen LogP contribution in [0.5, 0.6) is 11.5 Å². The number of amides is 2. The molecule has 1 atom stereocenters. The van der Waals surface area contributed by atoms with Gasteiger partial charge in [-0.15, -0.1) is 11.3 Å². The number of rotatable bonds is 3. The molecule has 1 aromatic heterocycles. The largest absolute Gasteiger partial charge is 0.454 e. The molecule has 0 spiro atoms. The second-order valence-electron chi connectivity index (χ2n) is 7.04. The van der Waals surface area contributed by atoms with E-state index in [4.69, 9.17) is 9.47 Å². The van der Waals surface area contributed by atoms with Crippen LogP contribution in [0.2, 0.25) is 0 Å². The average Bonchev–Trinajstić information content (AvgIpc) is 3.32. The summed E-state index contributed by atoms with van der Waals surface area (Å²) in [6.45, 7) is 2.14. The maximum atomic E-state index is 12.9. The van der Waals surface area contributed by atoms with Gasteiger partial charge in [-0.1, -0.05) is 24.3 Å². The summed E-state index contributed by atoms with van der Waals surface area (Å²) < 4.78 is 10.9. The predicted octanol–water partition coefficient (Wildman–Crippen LogP) is 4.51. The van der Waals surface area contributed by atoms with Gasteiger partial charge >= 0.3 is 0 Å². The maximum Gasteiger partial charge on any atom is 0.266 e. The van der Waals surface area contributed by atoms with E-state index in [0.29, 0.717) is 22.8 Å². The molecule has 29 heavy (non-hydrogen) atoms. The molecule has 5 rings (SSSR count). The fourth-order valence-corrected chi connectivity index (χ4v) is 5.03. The van der Waals surface area contributed by atoms with Gasteiger partial charge in [-0.3, -0.25) is 9.59 Å². The summed E-state index contributed by atoms with van der Waals surface area (Å²) in [5.74, 6) is 1.02. The molecule has 3 heterocycles. The maximum absolute atomic E-state index is 12.9. The highest BCUT2D eigenvalue weighted by Crippen LogP contribution is 2.47. The second-order valence-corrected chi connectivity index (χ2v) is 8.06. The minimum Gasteiger partial charge on any atom is -0.454 e. The van der Waals surface area contributed by atoms with Gasteiger partial charge in [-0.05, 0) is 47.9 Å². The SMILES string of the molecule is Cc1c(C(=O)Nc2ccccc2)sc2c1[C@@H](c1ccc3c(c1)OCO3)CC(=O)N2. The van der Waals surface area contributed by atoms with Crippen molar-refractivity contribution < 1.29 is 19.1 Å². The summed E-state index contributed by atoms with van der Waals surface area (Å²) >= 11 is 1.32. The highest BCUT2D eigenvalue weighted by molar-refractivity contribution is 7.18. The fraction of sp³-hybridized carbons (Fsp3) is 0.182. The highest BCUT2D eigenvalue weighted by atomic mass is 32.1. The van der Waals surface area contributed by atoms with Gasteiger partial charge in [0, 0.05) is 18.0 Å². The van der Waals surface area contributed by atoms with Gasteiger partial charge in [-0.25, -0.2) is 0 Å². The Kier molecular flexibility index (Phi) is 4.24. The summed E-state index contributed by atoms with van der Waals surface area (Å²) in [5, 5.41) is 6.60. The van der Waals surface area contributed by atoms with Crippen LogP contribution < -0.4 is 20.1 Å². The van der Waals surface area contributed by atoms with Crippen LogP contribution in [0.25, 0.3) is 0 Å². The van der Waals surface area contributed by atoms with Gasteiger partial charge in [0.1, 0.15) is 0 Å². The summed E-state index contributed by atoms with van der Waals surface area (Å²) in [5.41, 5.74) is 3.59. The first-order valence-corrected chi connectivity index (χ1v) is 10.1. The van der Waals surface area contributed by atoms with Crippen LogP contribution >= 0.6 is 11.3 Å². The number of ether oxygens (including phenoxy) is 2. The standard InChI is InChI=1S/C22H18N2O4S/c1-12-19-15(13-7-8-16-17(9-13)28-11-27-16)10-18(25)24-22(19)29-20(12)21(26)23-14-5-3-2-4-6-14/h2-9,15H,10-11H2,1H3,(H,23,26)(H,24,25)/t15-/m1/s1. The Labute approximate surface area is 171 Å². The normalized spacial score (nSPS) is 16.9. The number of fused-ring (bicyclic) bond motifs is 2. The van der Waals surface area contributed by atoms with E-state index >= 15 is 0 Å². The first-order valence-electron chi connectivity index (χ1n) is 9.29. The van der Waals surface area contributed by atoms with Gasteiger partial charge < -0.3 is 20.1 Å². The molecule has 0 saturated carbocycles. The van der Waals surface area contributed by atoms with Gasteiger partial charge in [0.2, 0.25) is 12.7 Å². The van der Waals surface area contributed by atoms with E-state index in [2.05, 4.69) is 10.6 Å². The number of thiophene rings is 1. The minimum atomic E-state index is -0.174. The van der Waals surface area contributed by atoms with Crippen LogP contribution in [0.4, 0.5) is 10.7 Å². The Morgan fingerprint density at radius 3 is 2.76 bits per heavy atom. The molecule has 2 amide bonds. The number of carbonyl (C=O) groups is 2. The summed E-state index contributed by atoms with van der Waals surface area (Å²) in [6.07, 6.45) is 0.323. The monoisotopic (exact) mass is 406 g/mol. The zero-order valence-electron chi connectivity index (χ0n) is 15.7. The topological polar surface area (TPSA) is 76.7 Å².